The van der Waals surface area contributed by atoms with Crippen LogP contribution < -0.4 is 10.1 Å². The van der Waals surface area contributed by atoms with Crippen LogP contribution in [0.2, 0.25) is 0 Å². The van der Waals surface area contributed by atoms with Crippen LogP contribution in [-0.2, 0) is 0 Å². The molecule has 28 heavy (non-hydrogen) atoms. The lowest BCUT2D eigenvalue weighted by molar-refractivity contribution is 0.0948. The van der Waals surface area contributed by atoms with Gasteiger partial charge in [0.15, 0.2) is 0 Å². The SMILES string of the molecule is CCOc1ccc2ccccc2c1C(=O)NCC1N=NC(=O)c2ccccc21. The fraction of sp³-hybridized carbons (Fsp3) is 0.182. The van der Waals surface area contributed by atoms with Crippen molar-refractivity contribution in [2.24, 2.45) is 10.2 Å². The number of benzene rings is 3. The standard InChI is InChI=1S/C22H19N3O3/c1-2-28-19-12-11-14-7-3-4-8-15(14)20(19)22(27)23-13-18-16-9-5-6-10-17(16)21(26)25-24-18/h3-12,18H,2,13H2,1H3,(H,23,27). The Morgan fingerprint density at radius 3 is 2.71 bits per heavy atom. The van der Waals surface area contributed by atoms with Gasteiger partial charge in [-0.2, -0.15) is 5.11 Å². The normalized spacial score (nSPS) is 15.3. The first kappa shape index (κ1) is 17.9. The van der Waals surface area contributed by atoms with Gasteiger partial charge in [0, 0.05) is 12.1 Å². The second-order valence-electron chi connectivity index (χ2n) is 6.43. The van der Waals surface area contributed by atoms with Crippen molar-refractivity contribution in [3.63, 3.8) is 0 Å². The average Bonchev–Trinajstić information content (AvgIpc) is 2.73. The quantitative estimate of drug-likeness (QED) is 0.723. The van der Waals surface area contributed by atoms with E-state index in [0.717, 1.165) is 16.3 Å². The summed E-state index contributed by atoms with van der Waals surface area (Å²) < 4.78 is 5.68. The number of amides is 2. The fourth-order valence-electron chi connectivity index (χ4n) is 3.41. The highest BCUT2D eigenvalue weighted by Crippen LogP contribution is 2.29. The third-order valence-corrected chi connectivity index (χ3v) is 4.71. The molecule has 1 atom stereocenters. The minimum atomic E-state index is -0.400. The molecule has 0 saturated heterocycles. The summed E-state index contributed by atoms with van der Waals surface area (Å²) in [7, 11) is 0. The second-order valence-corrected chi connectivity index (χ2v) is 6.43. The van der Waals surface area contributed by atoms with Crippen LogP contribution in [0.5, 0.6) is 5.75 Å². The average molecular weight is 373 g/mol. The minimum Gasteiger partial charge on any atom is -0.493 e. The van der Waals surface area contributed by atoms with Crippen LogP contribution in [-0.4, -0.2) is 25.0 Å². The van der Waals surface area contributed by atoms with E-state index in [1.54, 1.807) is 12.1 Å². The number of fused-ring (bicyclic) bond motifs is 2. The maximum Gasteiger partial charge on any atom is 0.295 e. The smallest absolute Gasteiger partial charge is 0.295 e. The predicted octanol–water partition coefficient (Wildman–Crippen LogP) is 4.32. The molecule has 1 heterocycles. The Morgan fingerprint density at radius 1 is 1.07 bits per heavy atom. The second kappa shape index (κ2) is 7.60. The molecule has 0 fully saturated rings. The molecular weight excluding hydrogens is 354 g/mol. The number of hydrogen-bond acceptors (Lipinski definition) is 4. The summed E-state index contributed by atoms with van der Waals surface area (Å²) in [5.41, 5.74) is 1.79. The van der Waals surface area contributed by atoms with Crippen LogP contribution in [0.4, 0.5) is 0 Å². The van der Waals surface area contributed by atoms with Gasteiger partial charge in [0.05, 0.1) is 12.2 Å². The van der Waals surface area contributed by atoms with E-state index in [0.29, 0.717) is 23.5 Å². The first-order valence-electron chi connectivity index (χ1n) is 9.16. The molecule has 0 radical (unpaired) electrons. The zero-order chi connectivity index (χ0) is 19.5. The minimum absolute atomic E-state index is 0.238. The molecule has 1 aliphatic heterocycles. The highest BCUT2D eigenvalue weighted by Gasteiger charge is 2.25. The first-order chi connectivity index (χ1) is 13.7. The number of carbonyl (C=O) groups is 2. The molecule has 3 aromatic carbocycles. The van der Waals surface area contributed by atoms with Crippen molar-refractivity contribution in [3.05, 3.63) is 77.4 Å². The zero-order valence-electron chi connectivity index (χ0n) is 15.4. The Morgan fingerprint density at radius 2 is 1.86 bits per heavy atom. The number of carbonyl (C=O) groups excluding carboxylic acids is 2. The lowest BCUT2D eigenvalue weighted by atomic mass is 9.98. The van der Waals surface area contributed by atoms with Crippen LogP contribution in [0.1, 0.15) is 39.2 Å². The van der Waals surface area contributed by atoms with Gasteiger partial charge < -0.3 is 10.1 Å². The molecule has 0 aliphatic carbocycles. The lowest BCUT2D eigenvalue weighted by Gasteiger charge is -2.19. The van der Waals surface area contributed by atoms with E-state index in [1.807, 2.05) is 55.5 Å². The molecule has 3 aromatic rings. The van der Waals surface area contributed by atoms with Crippen molar-refractivity contribution in [2.75, 3.05) is 13.2 Å². The molecule has 4 rings (SSSR count). The summed E-state index contributed by atoms with van der Waals surface area (Å²) in [6, 6.07) is 18.2. The number of nitrogens with zero attached hydrogens (tertiary/aromatic N) is 2. The van der Waals surface area contributed by atoms with Crippen molar-refractivity contribution in [1.82, 2.24) is 5.32 Å². The largest absolute Gasteiger partial charge is 0.493 e. The monoisotopic (exact) mass is 373 g/mol. The molecule has 0 spiro atoms. The van der Waals surface area contributed by atoms with Gasteiger partial charge in [0.25, 0.3) is 11.8 Å². The summed E-state index contributed by atoms with van der Waals surface area (Å²) >= 11 is 0. The molecule has 1 N–H and O–H groups in total. The highest BCUT2D eigenvalue weighted by molar-refractivity contribution is 6.09. The topological polar surface area (TPSA) is 80.1 Å². The van der Waals surface area contributed by atoms with Crippen LogP contribution >= 0.6 is 0 Å². The van der Waals surface area contributed by atoms with E-state index in [9.17, 15) is 9.59 Å². The number of azo groups is 1. The van der Waals surface area contributed by atoms with Gasteiger partial charge in [-0.25, -0.2) is 0 Å². The van der Waals surface area contributed by atoms with Crippen molar-refractivity contribution in [3.8, 4) is 5.75 Å². The molecule has 6 heteroatoms. The van der Waals surface area contributed by atoms with Gasteiger partial charge in [-0.3, -0.25) is 9.59 Å². The Bertz CT molecular complexity index is 1090. The van der Waals surface area contributed by atoms with Crippen LogP contribution in [0.25, 0.3) is 10.8 Å². The number of rotatable bonds is 5. The summed E-state index contributed by atoms with van der Waals surface area (Å²) in [4.78, 5) is 24.9. The Labute approximate surface area is 162 Å². The molecule has 2 amide bonds. The van der Waals surface area contributed by atoms with E-state index in [1.165, 1.54) is 0 Å². The van der Waals surface area contributed by atoms with Gasteiger partial charge >= 0.3 is 0 Å². The van der Waals surface area contributed by atoms with E-state index in [4.69, 9.17) is 4.74 Å². The number of ether oxygens (including phenoxy) is 1. The maximum absolute atomic E-state index is 13.0. The lowest BCUT2D eigenvalue weighted by Crippen LogP contribution is -2.29. The van der Waals surface area contributed by atoms with Crippen molar-refractivity contribution < 1.29 is 14.3 Å². The van der Waals surface area contributed by atoms with Gasteiger partial charge in [-0.15, -0.1) is 5.11 Å². The molecule has 1 aliphatic rings. The first-order valence-corrected chi connectivity index (χ1v) is 9.16. The predicted molar refractivity (Wildman–Crippen MR) is 106 cm³/mol. The summed E-state index contributed by atoms with van der Waals surface area (Å²) in [5.74, 6) is -0.0600. The van der Waals surface area contributed by atoms with Crippen molar-refractivity contribution >= 4 is 22.6 Å². The summed E-state index contributed by atoms with van der Waals surface area (Å²) in [6.45, 7) is 2.58. The van der Waals surface area contributed by atoms with Crippen LogP contribution in [0, 0.1) is 0 Å². The van der Waals surface area contributed by atoms with Crippen LogP contribution in [0.15, 0.2) is 70.9 Å². The van der Waals surface area contributed by atoms with E-state index >= 15 is 0 Å². The number of hydrogen-bond donors (Lipinski definition) is 1. The molecule has 0 bridgehead atoms. The summed E-state index contributed by atoms with van der Waals surface area (Å²) in [5, 5.41) is 12.5. The van der Waals surface area contributed by atoms with Gasteiger partial charge in [-0.05, 0) is 35.4 Å². The maximum atomic E-state index is 13.0. The Balaban J connectivity index is 1.62. The molecular formula is C22H19N3O3. The molecule has 6 nitrogen and oxygen atoms in total. The third kappa shape index (κ3) is 3.24. The molecule has 0 aromatic heterocycles. The van der Waals surface area contributed by atoms with Gasteiger partial charge in [0.1, 0.15) is 11.8 Å². The van der Waals surface area contributed by atoms with E-state index in [-0.39, 0.29) is 18.4 Å². The van der Waals surface area contributed by atoms with Crippen LogP contribution in [0.3, 0.4) is 0 Å². The van der Waals surface area contributed by atoms with E-state index < -0.39 is 6.04 Å². The molecule has 140 valence electrons. The van der Waals surface area contributed by atoms with Crippen molar-refractivity contribution in [2.45, 2.75) is 13.0 Å². The highest BCUT2D eigenvalue weighted by atomic mass is 16.5. The van der Waals surface area contributed by atoms with Gasteiger partial charge in [-0.1, -0.05) is 48.5 Å². The summed E-state index contributed by atoms with van der Waals surface area (Å²) in [6.07, 6.45) is 0. The van der Waals surface area contributed by atoms with Gasteiger partial charge in [0.2, 0.25) is 0 Å². The third-order valence-electron chi connectivity index (χ3n) is 4.71. The molecule has 0 saturated carbocycles. The Hall–Kier alpha value is -3.54. The Kier molecular flexibility index (Phi) is 4.85. The molecule has 1 unspecified atom stereocenters. The van der Waals surface area contributed by atoms with Crippen molar-refractivity contribution in [1.29, 1.82) is 0 Å². The number of nitrogens with one attached hydrogen (secondary N) is 1. The zero-order valence-corrected chi connectivity index (χ0v) is 15.4. The fourth-order valence-corrected chi connectivity index (χ4v) is 3.41. The van der Waals surface area contributed by atoms with E-state index in [2.05, 4.69) is 15.5 Å².